The molecular weight excluding hydrogens is 311 g/mol. The van der Waals surface area contributed by atoms with Crippen LogP contribution >= 0.6 is 0 Å². The van der Waals surface area contributed by atoms with Crippen LogP contribution in [0, 0.1) is 5.92 Å². The smallest absolute Gasteiger partial charge is 0.406 e. The predicted octanol–water partition coefficient (Wildman–Crippen LogP) is 2.80. The maximum atomic E-state index is 12.2. The summed E-state index contributed by atoms with van der Waals surface area (Å²) in [6.07, 6.45) is -3.20. The van der Waals surface area contributed by atoms with Crippen LogP contribution in [0.15, 0.2) is 24.3 Å². The molecule has 1 amide bonds. The molecular formula is C15H20F3N3O2. The van der Waals surface area contributed by atoms with Crippen LogP contribution in [0.4, 0.5) is 18.9 Å². The molecule has 0 radical (unpaired) electrons. The summed E-state index contributed by atoms with van der Waals surface area (Å²) < 4.78 is 40.4. The van der Waals surface area contributed by atoms with E-state index in [9.17, 15) is 18.0 Å². The molecule has 1 aromatic rings. The Morgan fingerprint density at radius 3 is 2.78 bits per heavy atom. The Hall–Kier alpha value is -1.80. The zero-order chi connectivity index (χ0) is 17.0. The number of carbonyl (C=O) groups excluding carboxylic acids is 1. The average molecular weight is 331 g/mol. The van der Waals surface area contributed by atoms with Gasteiger partial charge in [0.05, 0.1) is 0 Å². The topological polar surface area (TPSA) is 62.4 Å². The Morgan fingerprint density at radius 2 is 2.13 bits per heavy atom. The Labute approximate surface area is 132 Å². The quantitative estimate of drug-likeness (QED) is 0.776. The zero-order valence-electron chi connectivity index (χ0n) is 12.9. The van der Waals surface area contributed by atoms with Gasteiger partial charge in [0, 0.05) is 17.8 Å². The normalized spacial score (nSPS) is 21.5. The van der Waals surface area contributed by atoms with Crippen molar-refractivity contribution in [3.05, 3.63) is 24.3 Å². The van der Waals surface area contributed by atoms with Crippen molar-refractivity contribution in [2.75, 3.05) is 5.32 Å². The molecule has 8 heteroatoms. The third-order valence-corrected chi connectivity index (χ3v) is 3.39. The minimum absolute atomic E-state index is 0.200. The van der Waals surface area contributed by atoms with Gasteiger partial charge >= 0.3 is 6.36 Å². The van der Waals surface area contributed by atoms with E-state index in [2.05, 4.69) is 34.8 Å². The van der Waals surface area contributed by atoms with Gasteiger partial charge in [-0.3, -0.25) is 10.2 Å². The van der Waals surface area contributed by atoms with E-state index in [4.69, 9.17) is 0 Å². The van der Waals surface area contributed by atoms with Crippen LogP contribution in [0.2, 0.25) is 0 Å². The fourth-order valence-electron chi connectivity index (χ4n) is 2.52. The van der Waals surface area contributed by atoms with Gasteiger partial charge in [-0.2, -0.15) is 0 Å². The van der Waals surface area contributed by atoms with Crippen LogP contribution in [-0.4, -0.2) is 24.4 Å². The van der Waals surface area contributed by atoms with Gasteiger partial charge in [-0.25, -0.2) is 5.43 Å². The molecule has 2 unspecified atom stereocenters. The molecule has 1 aliphatic heterocycles. The summed E-state index contributed by atoms with van der Waals surface area (Å²) in [5, 5.41) is 2.60. The molecule has 1 aliphatic rings. The van der Waals surface area contributed by atoms with Crippen molar-refractivity contribution < 1.29 is 22.7 Å². The van der Waals surface area contributed by atoms with Gasteiger partial charge < -0.3 is 10.1 Å². The first-order valence-corrected chi connectivity index (χ1v) is 7.40. The van der Waals surface area contributed by atoms with E-state index in [1.807, 2.05) is 0 Å². The molecule has 2 rings (SSSR count). The van der Waals surface area contributed by atoms with Gasteiger partial charge in [-0.15, -0.1) is 13.2 Å². The Morgan fingerprint density at radius 1 is 1.39 bits per heavy atom. The molecule has 0 bridgehead atoms. The van der Waals surface area contributed by atoms with Crippen LogP contribution in [0.3, 0.4) is 0 Å². The summed E-state index contributed by atoms with van der Waals surface area (Å²) in [4.78, 5) is 12.2. The minimum Gasteiger partial charge on any atom is -0.406 e. The number of hydrogen-bond donors (Lipinski definition) is 3. The maximum absolute atomic E-state index is 12.2. The fraction of sp³-hybridized carbons (Fsp3) is 0.533. The van der Waals surface area contributed by atoms with E-state index in [0.717, 1.165) is 12.5 Å². The fourth-order valence-corrected chi connectivity index (χ4v) is 2.52. The molecule has 0 spiro atoms. The standard InChI is InChI=1S/C15H20F3N3O2/c1-9(2)6-11-8-13(21-20-11)14(22)19-10-4-3-5-12(7-10)23-15(16,17)18/h3-5,7,9,11,13,20-21H,6,8H2,1-2H3,(H,19,22). The van der Waals surface area contributed by atoms with Gasteiger partial charge in [0.25, 0.3) is 0 Å². The summed E-state index contributed by atoms with van der Waals surface area (Å²) in [6.45, 7) is 4.20. The number of benzene rings is 1. The molecule has 1 heterocycles. The van der Waals surface area contributed by atoms with Crippen LogP contribution in [0.1, 0.15) is 26.7 Å². The summed E-state index contributed by atoms with van der Waals surface area (Å²) in [6, 6.07) is 4.99. The molecule has 0 aromatic heterocycles. The van der Waals surface area contributed by atoms with Crippen molar-refractivity contribution in [1.29, 1.82) is 0 Å². The van der Waals surface area contributed by atoms with E-state index >= 15 is 0 Å². The lowest BCUT2D eigenvalue weighted by atomic mass is 10.00. The maximum Gasteiger partial charge on any atom is 0.573 e. The minimum atomic E-state index is -4.76. The number of ether oxygens (including phenoxy) is 1. The lowest BCUT2D eigenvalue weighted by molar-refractivity contribution is -0.274. The summed E-state index contributed by atoms with van der Waals surface area (Å²) in [7, 11) is 0. The Balaban J connectivity index is 1.92. The number of alkyl halides is 3. The lowest BCUT2D eigenvalue weighted by Gasteiger charge is -2.13. The molecule has 0 aliphatic carbocycles. The van der Waals surface area contributed by atoms with Crippen LogP contribution in [0.5, 0.6) is 5.75 Å². The molecule has 2 atom stereocenters. The molecule has 1 saturated heterocycles. The van der Waals surface area contributed by atoms with Crippen molar-refractivity contribution in [3.63, 3.8) is 0 Å². The van der Waals surface area contributed by atoms with Crippen LogP contribution < -0.4 is 20.9 Å². The third kappa shape index (κ3) is 5.72. The van der Waals surface area contributed by atoms with Crippen molar-refractivity contribution >= 4 is 11.6 Å². The highest BCUT2D eigenvalue weighted by Gasteiger charge is 2.32. The zero-order valence-corrected chi connectivity index (χ0v) is 12.9. The molecule has 23 heavy (non-hydrogen) atoms. The van der Waals surface area contributed by atoms with E-state index < -0.39 is 12.4 Å². The molecule has 1 fully saturated rings. The van der Waals surface area contributed by atoms with Crippen molar-refractivity contribution in [3.8, 4) is 5.75 Å². The van der Waals surface area contributed by atoms with Crippen LogP contribution in [-0.2, 0) is 4.79 Å². The average Bonchev–Trinajstić information content (AvgIpc) is 2.84. The first kappa shape index (κ1) is 17.6. The van der Waals surface area contributed by atoms with Gasteiger partial charge in [0.2, 0.25) is 5.91 Å². The lowest BCUT2D eigenvalue weighted by Crippen LogP contribution is -2.40. The molecule has 3 N–H and O–H groups in total. The number of hydrazine groups is 1. The number of rotatable bonds is 5. The number of hydrogen-bond acceptors (Lipinski definition) is 4. The van der Waals surface area contributed by atoms with E-state index in [0.29, 0.717) is 12.3 Å². The number of amides is 1. The van der Waals surface area contributed by atoms with E-state index in [1.54, 1.807) is 0 Å². The second-order valence-electron chi connectivity index (χ2n) is 5.97. The molecule has 5 nitrogen and oxygen atoms in total. The Kier molecular flexibility index (Phi) is 5.48. The van der Waals surface area contributed by atoms with E-state index in [-0.39, 0.29) is 23.4 Å². The first-order valence-electron chi connectivity index (χ1n) is 7.40. The SMILES string of the molecule is CC(C)CC1CC(C(=O)Nc2cccc(OC(F)(F)F)c2)NN1. The van der Waals surface area contributed by atoms with Crippen molar-refractivity contribution in [1.82, 2.24) is 10.9 Å². The number of anilines is 1. The summed E-state index contributed by atoms with van der Waals surface area (Å²) in [5.41, 5.74) is 6.23. The van der Waals surface area contributed by atoms with Crippen molar-refractivity contribution in [2.45, 2.75) is 45.1 Å². The van der Waals surface area contributed by atoms with Gasteiger partial charge in [-0.05, 0) is 30.9 Å². The van der Waals surface area contributed by atoms with E-state index in [1.165, 1.54) is 18.2 Å². The Bertz CT molecular complexity index is 549. The van der Waals surface area contributed by atoms with Crippen molar-refractivity contribution in [2.24, 2.45) is 5.92 Å². The molecule has 1 aromatic carbocycles. The van der Waals surface area contributed by atoms with Crippen LogP contribution in [0.25, 0.3) is 0 Å². The highest BCUT2D eigenvalue weighted by Crippen LogP contribution is 2.25. The largest absolute Gasteiger partial charge is 0.573 e. The molecule has 0 saturated carbocycles. The second kappa shape index (κ2) is 7.18. The van der Waals surface area contributed by atoms with Gasteiger partial charge in [-0.1, -0.05) is 19.9 Å². The number of halogens is 3. The highest BCUT2D eigenvalue weighted by atomic mass is 19.4. The number of carbonyl (C=O) groups is 1. The predicted molar refractivity (Wildman–Crippen MR) is 79.7 cm³/mol. The highest BCUT2D eigenvalue weighted by molar-refractivity contribution is 5.95. The van der Waals surface area contributed by atoms with Gasteiger partial charge in [0.1, 0.15) is 11.8 Å². The van der Waals surface area contributed by atoms with Gasteiger partial charge in [0.15, 0.2) is 0 Å². The summed E-state index contributed by atoms with van der Waals surface area (Å²) >= 11 is 0. The second-order valence-corrected chi connectivity index (χ2v) is 5.97. The first-order chi connectivity index (χ1) is 10.7. The molecule has 128 valence electrons. The third-order valence-electron chi connectivity index (χ3n) is 3.39. The number of nitrogens with one attached hydrogen (secondary N) is 3. The summed E-state index contributed by atoms with van der Waals surface area (Å²) in [5.74, 6) is -0.161. The monoisotopic (exact) mass is 331 g/mol.